The van der Waals surface area contributed by atoms with Gasteiger partial charge >= 0.3 is 12.1 Å². The van der Waals surface area contributed by atoms with Crippen molar-refractivity contribution in [3.05, 3.63) is 114 Å². The van der Waals surface area contributed by atoms with Crippen LogP contribution < -0.4 is 25.6 Å². The number of urea groups is 2. The summed E-state index contributed by atoms with van der Waals surface area (Å²) in [6.45, 7) is 10.9. The van der Waals surface area contributed by atoms with Gasteiger partial charge in [0.15, 0.2) is 0 Å². The van der Waals surface area contributed by atoms with Crippen LogP contribution in [0.3, 0.4) is 0 Å². The molecule has 0 aliphatic carbocycles. The van der Waals surface area contributed by atoms with E-state index in [2.05, 4.69) is 55.8 Å². The van der Waals surface area contributed by atoms with Crippen molar-refractivity contribution in [3.63, 3.8) is 0 Å². The molecule has 0 aromatic heterocycles. The van der Waals surface area contributed by atoms with Crippen molar-refractivity contribution >= 4 is 29.1 Å². The number of ether oxygens (including phenoxy) is 1. The van der Waals surface area contributed by atoms with E-state index in [9.17, 15) is 9.59 Å². The van der Waals surface area contributed by atoms with E-state index in [4.69, 9.17) is 4.74 Å². The Morgan fingerprint density at radius 3 is 1.98 bits per heavy atom. The summed E-state index contributed by atoms with van der Waals surface area (Å²) in [5, 5.41) is 9.00. The van der Waals surface area contributed by atoms with Crippen LogP contribution in [0.15, 0.2) is 97.1 Å². The van der Waals surface area contributed by atoms with E-state index in [0.29, 0.717) is 17.1 Å². The summed E-state index contributed by atoms with van der Waals surface area (Å²) in [5.41, 5.74) is 5.45. The number of carbonyl (C=O) groups is 2. The molecule has 0 fully saturated rings. The highest BCUT2D eigenvalue weighted by molar-refractivity contribution is 6.02. The van der Waals surface area contributed by atoms with Crippen molar-refractivity contribution in [1.82, 2.24) is 5.32 Å². The Kier molecular flexibility index (Phi) is 10.2. The predicted molar refractivity (Wildman–Crippen MR) is 172 cm³/mol. The van der Waals surface area contributed by atoms with Gasteiger partial charge in [-0.15, -0.1) is 0 Å². The lowest BCUT2D eigenvalue weighted by molar-refractivity contribution is 0.250. The molecule has 7 heteroatoms. The van der Waals surface area contributed by atoms with Crippen LogP contribution in [-0.2, 0) is 0 Å². The third kappa shape index (κ3) is 8.13. The highest BCUT2D eigenvalue weighted by Crippen LogP contribution is 2.32. The van der Waals surface area contributed by atoms with Crippen molar-refractivity contribution in [2.75, 3.05) is 28.6 Å². The summed E-state index contributed by atoms with van der Waals surface area (Å²) in [5.74, 6) is 1.91. The summed E-state index contributed by atoms with van der Waals surface area (Å²) in [4.78, 5) is 28.1. The van der Waals surface area contributed by atoms with Crippen LogP contribution >= 0.6 is 0 Å². The first-order chi connectivity index (χ1) is 20.2. The fourth-order valence-electron chi connectivity index (χ4n) is 4.71. The maximum absolute atomic E-state index is 13.5. The van der Waals surface area contributed by atoms with Gasteiger partial charge < -0.3 is 20.7 Å². The lowest BCUT2D eigenvalue weighted by Crippen LogP contribution is -2.42. The van der Waals surface area contributed by atoms with E-state index in [1.165, 1.54) is 0 Å². The lowest BCUT2D eigenvalue weighted by Gasteiger charge is -2.24. The maximum atomic E-state index is 13.5. The first kappa shape index (κ1) is 30.2. The summed E-state index contributed by atoms with van der Waals surface area (Å²) >= 11 is 0. The molecule has 0 heterocycles. The summed E-state index contributed by atoms with van der Waals surface area (Å²) < 4.78 is 5.92. The maximum Gasteiger partial charge on any atom is 0.326 e. The van der Waals surface area contributed by atoms with Gasteiger partial charge in [-0.2, -0.15) is 0 Å². The molecule has 218 valence electrons. The van der Waals surface area contributed by atoms with E-state index in [1.54, 1.807) is 4.90 Å². The Bertz CT molecular complexity index is 1460. The lowest BCUT2D eigenvalue weighted by atomic mass is 9.93. The quantitative estimate of drug-likeness (QED) is 0.180. The number of rotatable bonds is 10. The molecule has 0 aliphatic heterocycles. The molecule has 3 N–H and O–H groups in total. The van der Waals surface area contributed by atoms with Gasteiger partial charge in [-0.1, -0.05) is 76.2 Å². The topological polar surface area (TPSA) is 82.7 Å². The monoisotopic (exact) mass is 564 g/mol. The van der Waals surface area contributed by atoms with Crippen LogP contribution in [0.5, 0.6) is 11.5 Å². The normalized spacial score (nSPS) is 10.8. The van der Waals surface area contributed by atoms with Gasteiger partial charge in [-0.25, -0.2) is 9.59 Å². The zero-order valence-electron chi connectivity index (χ0n) is 25.0. The second-order valence-corrected chi connectivity index (χ2v) is 10.9. The van der Waals surface area contributed by atoms with Crippen molar-refractivity contribution in [2.45, 2.75) is 46.5 Å². The zero-order valence-corrected chi connectivity index (χ0v) is 25.0. The molecule has 4 aromatic rings. The number of nitrogens with one attached hydrogen (secondary N) is 3. The molecule has 7 nitrogen and oxygen atoms in total. The van der Waals surface area contributed by atoms with Crippen LogP contribution in [0.25, 0.3) is 0 Å². The smallest absolute Gasteiger partial charge is 0.326 e. The average molecular weight is 565 g/mol. The molecule has 0 saturated carbocycles. The van der Waals surface area contributed by atoms with Crippen LogP contribution in [-0.4, -0.2) is 25.2 Å². The number of aryl methyl sites for hydroxylation is 1. The van der Waals surface area contributed by atoms with Crippen LogP contribution in [0.4, 0.5) is 26.7 Å². The fourth-order valence-corrected chi connectivity index (χ4v) is 4.71. The largest absolute Gasteiger partial charge is 0.457 e. The number of benzene rings is 4. The first-order valence-electron chi connectivity index (χ1n) is 14.4. The number of hydrogen-bond donors (Lipinski definition) is 3. The molecule has 42 heavy (non-hydrogen) atoms. The van der Waals surface area contributed by atoms with Gasteiger partial charge in [0.2, 0.25) is 0 Å². The third-order valence-electron chi connectivity index (χ3n) is 6.87. The second-order valence-electron chi connectivity index (χ2n) is 10.9. The summed E-state index contributed by atoms with van der Waals surface area (Å²) in [6, 6.07) is 30.0. The molecule has 0 bridgehead atoms. The molecule has 4 rings (SSSR count). The number of para-hydroxylation sites is 2. The number of carbonyl (C=O) groups excluding carboxylic acids is 2. The van der Waals surface area contributed by atoms with E-state index in [0.717, 1.165) is 28.1 Å². The van der Waals surface area contributed by atoms with Crippen molar-refractivity contribution in [2.24, 2.45) is 0 Å². The second kappa shape index (κ2) is 14.2. The number of nitrogens with zero attached hydrogens (tertiary/aromatic N) is 1. The van der Waals surface area contributed by atoms with Gasteiger partial charge in [0.05, 0.1) is 0 Å². The Balaban J connectivity index is 1.47. The number of amides is 4. The SMILES string of the molecule is Cc1cccc(NC(=O)N(CCNC(=O)Nc2c(C(C)C)cccc2C(C)C)c2ccc(Oc3ccccc3)cc2)c1. The van der Waals surface area contributed by atoms with Crippen molar-refractivity contribution in [1.29, 1.82) is 0 Å². The fraction of sp³-hybridized carbons (Fsp3) is 0.257. The molecule has 0 aliphatic rings. The predicted octanol–water partition coefficient (Wildman–Crippen LogP) is 8.89. The molecule has 4 aromatic carbocycles. The summed E-state index contributed by atoms with van der Waals surface area (Å²) in [6.07, 6.45) is 0. The van der Waals surface area contributed by atoms with Gasteiger partial charge in [0.1, 0.15) is 11.5 Å². The standard InChI is InChI=1S/C35H40N4O3/c1-24(2)31-15-10-16-32(25(3)4)33(31)38-34(40)36-21-22-39(35(41)37-27-12-9-11-26(5)23-27)28-17-19-30(20-18-28)42-29-13-7-6-8-14-29/h6-20,23-25H,21-22H2,1-5H3,(H,37,41)(H2,36,38,40). The van der Waals surface area contributed by atoms with E-state index in [-0.39, 0.29) is 37.0 Å². The Morgan fingerprint density at radius 1 is 0.738 bits per heavy atom. The molecule has 0 atom stereocenters. The number of anilines is 3. The van der Waals surface area contributed by atoms with Gasteiger partial charge in [0, 0.05) is 30.2 Å². The van der Waals surface area contributed by atoms with Gasteiger partial charge in [0.25, 0.3) is 0 Å². The molecule has 0 radical (unpaired) electrons. The Morgan fingerprint density at radius 2 is 1.36 bits per heavy atom. The molecular weight excluding hydrogens is 524 g/mol. The Labute approximate surface area is 248 Å². The van der Waals surface area contributed by atoms with Crippen molar-refractivity contribution in [3.8, 4) is 11.5 Å². The van der Waals surface area contributed by atoms with Crippen LogP contribution in [0.1, 0.15) is 56.2 Å². The van der Waals surface area contributed by atoms with Gasteiger partial charge in [-0.3, -0.25) is 4.90 Å². The van der Waals surface area contributed by atoms with Crippen LogP contribution in [0.2, 0.25) is 0 Å². The number of hydrogen-bond acceptors (Lipinski definition) is 3. The molecule has 4 amide bonds. The summed E-state index contributed by atoms with van der Waals surface area (Å²) in [7, 11) is 0. The van der Waals surface area contributed by atoms with E-state index >= 15 is 0 Å². The van der Waals surface area contributed by atoms with E-state index < -0.39 is 0 Å². The minimum atomic E-state index is -0.310. The zero-order chi connectivity index (χ0) is 30.1. The minimum absolute atomic E-state index is 0.246. The van der Waals surface area contributed by atoms with Gasteiger partial charge in [-0.05, 0) is 84.0 Å². The average Bonchev–Trinajstić information content (AvgIpc) is 2.96. The van der Waals surface area contributed by atoms with Crippen molar-refractivity contribution < 1.29 is 14.3 Å². The third-order valence-corrected chi connectivity index (χ3v) is 6.87. The van der Waals surface area contributed by atoms with E-state index in [1.807, 2.05) is 91.9 Å². The highest BCUT2D eigenvalue weighted by Gasteiger charge is 2.19. The molecular formula is C35H40N4O3. The molecule has 0 saturated heterocycles. The van der Waals surface area contributed by atoms with Crippen LogP contribution in [0, 0.1) is 6.92 Å². The highest BCUT2D eigenvalue weighted by atomic mass is 16.5. The molecule has 0 unspecified atom stereocenters. The Hall–Kier alpha value is -4.78. The molecule has 0 spiro atoms. The minimum Gasteiger partial charge on any atom is -0.457 e. The first-order valence-corrected chi connectivity index (χ1v) is 14.4.